The van der Waals surface area contributed by atoms with E-state index in [2.05, 4.69) is 5.32 Å². The lowest BCUT2D eigenvalue weighted by Crippen LogP contribution is -2.20. The average molecular weight is 331 g/mol. The Morgan fingerprint density at radius 1 is 0.958 bits per heavy atom. The summed E-state index contributed by atoms with van der Waals surface area (Å²) in [5.74, 6) is 1.43. The molecule has 0 atom stereocenters. The SMILES string of the molecule is COCc1cccc(NC(=O)COc2cc(OC)cc(OC)c2)c1. The monoisotopic (exact) mass is 331 g/mol. The van der Waals surface area contributed by atoms with Crippen LogP contribution in [0.2, 0.25) is 0 Å². The second-order valence-electron chi connectivity index (χ2n) is 5.02. The quantitative estimate of drug-likeness (QED) is 0.806. The Hall–Kier alpha value is -2.73. The molecular weight excluding hydrogens is 310 g/mol. The van der Waals surface area contributed by atoms with E-state index >= 15 is 0 Å². The summed E-state index contributed by atoms with van der Waals surface area (Å²) in [7, 11) is 4.73. The van der Waals surface area contributed by atoms with Gasteiger partial charge in [-0.1, -0.05) is 12.1 Å². The highest BCUT2D eigenvalue weighted by atomic mass is 16.5. The number of rotatable bonds is 8. The summed E-state index contributed by atoms with van der Waals surface area (Å²) in [5.41, 5.74) is 1.68. The number of amides is 1. The van der Waals surface area contributed by atoms with Gasteiger partial charge in [-0.3, -0.25) is 4.79 Å². The van der Waals surface area contributed by atoms with E-state index in [1.807, 2.05) is 24.3 Å². The van der Waals surface area contributed by atoms with Crippen molar-refractivity contribution in [1.29, 1.82) is 0 Å². The summed E-state index contributed by atoms with van der Waals surface area (Å²) in [5, 5.41) is 2.79. The summed E-state index contributed by atoms with van der Waals surface area (Å²) < 4.78 is 20.9. The van der Waals surface area contributed by atoms with Crippen molar-refractivity contribution in [2.24, 2.45) is 0 Å². The van der Waals surface area contributed by atoms with Gasteiger partial charge < -0.3 is 24.3 Å². The lowest BCUT2D eigenvalue weighted by atomic mass is 10.2. The van der Waals surface area contributed by atoms with Crippen LogP contribution >= 0.6 is 0 Å². The molecule has 0 fully saturated rings. The van der Waals surface area contributed by atoms with E-state index < -0.39 is 0 Å². The van der Waals surface area contributed by atoms with Crippen molar-refractivity contribution in [3.8, 4) is 17.2 Å². The molecule has 6 nitrogen and oxygen atoms in total. The maximum Gasteiger partial charge on any atom is 0.262 e. The molecule has 2 aromatic carbocycles. The van der Waals surface area contributed by atoms with Gasteiger partial charge in [0.15, 0.2) is 6.61 Å². The van der Waals surface area contributed by atoms with Crippen molar-refractivity contribution in [3.63, 3.8) is 0 Å². The van der Waals surface area contributed by atoms with E-state index in [1.54, 1.807) is 39.5 Å². The molecule has 0 aliphatic carbocycles. The lowest BCUT2D eigenvalue weighted by Gasteiger charge is -2.11. The van der Waals surface area contributed by atoms with Crippen LogP contribution in [0.25, 0.3) is 0 Å². The number of ether oxygens (including phenoxy) is 4. The molecule has 0 aliphatic rings. The Morgan fingerprint density at radius 2 is 1.62 bits per heavy atom. The topological polar surface area (TPSA) is 66.0 Å². The molecule has 1 N–H and O–H groups in total. The molecule has 6 heteroatoms. The molecule has 0 radical (unpaired) electrons. The second-order valence-corrected chi connectivity index (χ2v) is 5.02. The molecule has 0 heterocycles. The highest BCUT2D eigenvalue weighted by Crippen LogP contribution is 2.27. The Bertz CT molecular complexity index is 665. The Balaban J connectivity index is 1.94. The van der Waals surface area contributed by atoms with Crippen LogP contribution < -0.4 is 19.5 Å². The van der Waals surface area contributed by atoms with Crippen LogP contribution in [-0.4, -0.2) is 33.8 Å². The fourth-order valence-corrected chi connectivity index (χ4v) is 2.12. The first kappa shape index (κ1) is 17.6. The number of hydrogen-bond donors (Lipinski definition) is 1. The minimum absolute atomic E-state index is 0.120. The standard InChI is InChI=1S/C18H21NO5/c1-21-11-13-5-4-6-14(7-13)19-18(20)12-24-17-9-15(22-2)8-16(10-17)23-3/h4-10H,11-12H2,1-3H3,(H,19,20). The lowest BCUT2D eigenvalue weighted by molar-refractivity contribution is -0.118. The van der Waals surface area contributed by atoms with Crippen molar-refractivity contribution in [2.75, 3.05) is 33.3 Å². The Labute approximate surface area is 141 Å². The number of methoxy groups -OCH3 is 3. The summed E-state index contributed by atoms with van der Waals surface area (Å²) in [4.78, 5) is 12.0. The van der Waals surface area contributed by atoms with Crippen molar-refractivity contribution >= 4 is 11.6 Å². The third kappa shape index (κ3) is 5.17. The highest BCUT2D eigenvalue weighted by molar-refractivity contribution is 5.91. The first-order valence-electron chi connectivity index (χ1n) is 7.38. The van der Waals surface area contributed by atoms with Crippen LogP contribution in [-0.2, 0) is 16.1 Å². The van der Waals surface area contributed by atoms with Gasteiger partial charge in [0.05, 0.1) is 20.8 Å². The van der Waals surface area contributed by atoms with Crippen molar-refractivity contribution in [1.82, 2.24) is 0 Å². The molecule has 2 aromatic rings. The fraction of sp³-hybridized carbons (Fsp3) is 0.278. The normalized spacial score (nSPS) is 10.1. The zero-order chi connectivity index (χ0) is 17.4. The Kier molecular flexibility index (Phi) is 6.45. The smallest absolute Gasteiger partial charge is 0.262 e. The number of carbonyl (C=O) groups is 1. The van der Waals surface area contributed by atoms with Crippen LogP contribution in [0.3, 0.4) is 0 Å². The highest BCUT2D eigenvalue weighted by Gasteiger charge is 2.07. The molecule has 1 amide bonds. The van der Waals surface area contributed by atoms with Gasteiger partial charge in [0.2, 0.25) is 0 Å². The van der Waals surface area contributed by atoms with Crippen molar-refractivity contribution in [2.45, 2.75) is 6.61 Å². The van der Waals surface area contributed by atoms with Crippen molar-refractivity contribution in [3.05, 3.63) is 48.0 Å². The first-order chi connectivity index (χ1) is 11.6. The van der Waals surface area contributed by atoms with Gasteiger partial charge in [0.25, 0.3) is 5.91 Å². The molecule has 0 saturated heterocycles. The molecule has 0 saturated carbocycles. The Morgan fingerprint density at radius 3 is 2.25 bits per heavy atom. The first-order valence-corrected chi connectivity index (χ1v) is 7.38. The predicted molar refractivity (Wildman–Crippen MR) is 90.8 cm³/mol. The van der Waals surface area contributed by atoms with Gasteiger partial charge in [0, 0.05) is 31.0 Å². The average Bonchev–Trinajstić information content (AvgIpc) is 2.60. The molecule has 2 rings (SSSR count). The molecule has 0 aliphatic heterocycles. The van der Waals surface area contributed by atoms with Crippen LogP contribution in [0.4, 0.5) is 5.69 Å². The summed E-state index contributed by atoms with van der Waals surface area (Å²) in [6.45, 7) is 0.370. The van der Waals surface area contributed by atoms with Crippen LogP contribution in [0.1, 0.15) is 5.56 Å². The summed E-state index contributed by atoms with van der Waals surface area (Å²) in [6.07, 6.45) is 0. The molecule has 0 aromatic heterocycles. The molecule has 24 heavy (non-hydrogen) atoms. The van der Waals surface area contributed by atoms with Crippen LogP contribution in [0.15, 0.2) is 42.5 Å². The second kappa shape index (κ2) is 8.79. The fourth-order valence-electron chi connectivity index (χ4n) is 2.12. The van der Waals surface area contributed by atoms with Gasteiger partial charge in [-0.15, -0.1) is 0 Å². The number of nitrogens with one attached hydrogen (secondary N) is 1. The van der Waals surface area contributed by atoms with Gasteiger partial charge in [-0.25, -0.2) is 0 Å². The van der Waals surface area contributed by atoms with E-state index in [0.717, 1.165) is 5.56 Å². The van der Waals surface area contributed by atoms with Crippen molar-refractivity contribution < 1.29 is 23.7 Å². The number of anilines is 1. The summed E-state index contributed by atoms with van der Waals surface area (Å²) in [6, 6.07) is 12.6. The third-order valence-electron chi connectivity index (χ3n) is 3.22. The molecule has 128 valence electrons. The third-order valence-corrected chi connectivity index (χ3v) is 3.22. The van der Waals surface area contributed by atoms with Crippen LogP contribution in [0.5, 0.6) is 17.2 Å². The zero-order valence-corrected chi connectivity index (χ0v) is 14.0. The van der Waals surface area contributed by atoms with E-state index in [-0.39, 0.29) is 12.5 Å². The molecule has 0 unspecified atom stereocenters. The van der Waals surface area contributed by atoms with E-state index in [0.29, 0.717) is 29.5 Å². The minimum Gasteiger partial charge on any atom is -0.496 e. The zero-order valence-electron chi connectivity index (χ0n) is 14.0. The number of carbonyl (C=O) groups excluding carboxylic acids is 1. The maximum atomic E-state index is 12.0. The van der Waals surface area contributed by atoms with Gasteiger partial charge in [0.1, 0.15) is 17.2 Å². The number of benzene rings is 2. The molecular formula is C18H21NO5. The maximum absolute atomic E-state index is 12.0. The van der Waals surface area contributed by atoms with Gasteiger partial charge in [-0.2, -0.15) is 0 Å². The number of hydrogen-bond acceptors (Lipinski definition) is 5. The van der Waals surface area contributed by atoms with Gasteiger partial charge in [-0.05, 0) is 17.7 Å². The van der Waals surface area contributed by atoms with E-state index in [9.17, 15) is 4.79 Å². The minimum atomic E-state index is -0.258. The largest absolute Gasteiger partial charge is 0.496 e. The van der Waals surface area contributed by atoms with E-state index in [4.69, 9.17) is 18.9 Å². The molecule has 0 bridgehead atoms. The van der Waals surface area contributed by atoms with E-state index in [1.165, 1.54) is 0 Å². The predicted octanol–water partition coefficient (Wildman–Crippen LogP) is 2.87. The van der Waals surface area contributed by atoms with Gasteiger partial charge >= 0.3 is 0 Å². The summed E-state index contributed by atoms with van der Waals surface area (Å²) >= 11 is 0. The van der Waals surface area contributed by atoms with Crippen LogP contribution in [0, 0.1) is 0 Å². The molecule has 0 spiro atoms.